The van der Waals surface area contributed by atoms with Gasteiger partial charge in [-0.05, 0) is 46.1 Å². The van der Waals surface area contributed by atoms with E-state index in [4.69, 9.17) is 9.84 Å². The van der Waals surface area contributed by atoms with Crippen molar-refractivity contribution < 1.29 is 14.6 Å². The van der Waals surface area contributed by atoms with Crippen LogP contribution in [-0.4, -0.2) is 37.4 Å². The fraction of sp³-hybridized carbons (Fsp3) is 0.917. The highest BCUT2D eigenvalue weighted by atomic mass is 16.5. The van der Waals surface area contributed by atoms with Gasteiger partial charge in [0.25, 0.3) is 0 Å². The molecule has 0 bridgehead atoms. The molecule has 94 valence electrons. The summed E-state index contributed by atoms with van der Waals surface area (Å²) in [6, 6.07) is 0.273. The number of rotatable bonds is 5. The van der Waals surface area contributed by atoms with Crippen molar-refractivity contribution in [1.29, 1.82) is 0 Å². The van der Waals surface area contributed by atoms with Crippen LogP contribution < -0.4 is 5.32 Å². The van der Waals surface area contributed by atoms with E-state index in [0.29, 0.717) is 12.3 Å². The summed E-state index contributed by atoms with van der Waals surface area (Å²) >= 11 is 0. The number of ether oxygens (including phenoxy) is 1. The largest absolute Gasteiger partial charge is 0.481 e. The van der Waals surface area contributed by atoms with Crippen molar-refractivity contribution in [2.45, 2.75) is 39.2 Å². The van der Waals surface area contributed by atoms with Gasteiger partial charge in [-0.3, -0.25) is 4.79 Å². The van der Waals surface area contributed by atoms with Gasteiger partial charge in [0.2, 0.25) is 0 Å². The minimum atomic E-state index is -0.722. The summed E-state index contributed by atoms with van der Waals surface area (Å²) in [5.41, 5.74) is -0.661. The first-order valence-corrected chi connectivity index (χ1v) is 5.96. The van der Waals surface area contributed by atoms with Gasteiger partial charge in [-0.1, -0.05) is 0 Å². The van der Waals surface area contributed by atoms with Gasteiger partial charge in [-0.15, -0.1) is 0 Å². The number of carboxylic acids is 1. The Morgan fingerprint density at radius 3 is 2.50 bits per heavy atom. The van der Waals surface area contributed by atoms with E-state index >= 15 is 0 Å². The number of aliphatic carboxylic acids is 1. The molecule has 1 aliphatic heterocycles. The summed E-state index contributed by atoms with van der Waals surface area (Å²) in [4.78, 5) is 11.1. The molecule has 0 aromatic rings. The zero-order valence-corrected chi connectivity index (χ0v) is 10.5. The molecule has 0 radical (unpaired) electrons. The normalized spacial score (nSPS) is 20.7. The molecule has 1 heterocycles. The molecule has 0 saturated carbocycles. The maximum atomic E-state index is 11.1. The van der Waals surface area contributed by atoms with Crippen LogP contribution in [0, 0.1) is 11.3 Å². The van der Waals surface area contributed by atoms with Gasteiger partial charge >= 0.3 is 5.97 Å². The van der Waals surface area contributed by atoms with E-state index < -0.39 is 11.4 Å². The molecule has 1 saturated heterocycles. The van der Waals surface area contributed by atoms with Crippen LogP contribution in [0.3, 0.4) is 0 Å². The van der Waals surface area contributed by atoms with Crippen LogP contribution in [0.1, 0.15) is 33.1 Å². The van der Waals surface area contributed by atoms with Gasteiger partial charge in [0.05, 0.1) is 5.41 Å². The van der Waals surface area contributed by atoms with Crippen LogP contribution in [0.15, 0.2) is 0 Å². The van der Waals surface area contributed by atoms with Crippen molar-refractivity contribution in [3.05, 3.63) is 0 Å². The zero-order valence-electron chi connectivity index (χ0n) is 10.5. The van der Waals surface area contributed by atoms with Crippen molar-refractivity contribution in [2.24, 2.45) is 11.3 Å². The molecule has 1 unspecified atom stereocenters. The van der Waals surface area contributed by atoms with E-state index in [1.165, 1.54) is 0 Å². The van der Waals surface area contributed by atoms with Crippen molar-refractivity contribution in [1.82, 2.24) is 5.32 Å². The Morgan fingerprint density at radius 2 is 2.06 bits per heavy atom. The quantitative estimate of drug-likeness (QED) is 0.750. The van der Waals surface area contributed by atoms with Crippen molar-refractivity contribution in [3.63, 3.8) is 0 Å². The molecular formula is C12H23NO3. The summed E-state index contributed by atoms with van der Waals surface area (Å²) < 4.78 is 5.33. The van der Waals surface area contributed by atoms with Gasteiger partial charge in [0.15, 0.2) is 0 Å². The van der Waals surface area contributed by atoms with Crippen LogP contribution >= 0.6 is 0 Å². The fourth-order valence-corrected chi connectivity index (χ4v) is 2.26. The Balaban J connectivity index is 2.56. The molecule has 1 aliphatic rings. The second-order valence-corrected chi connectivity index (χ2v) is 5.24. The number of hydrogen-bond acceptors (Lipinski definition) is 3. The van der Waals surface area contributed by atoms with E-state index in [1.807, 2.05) is 7.05 Å². The van der Waals surface area contributed by atoms with E-state index in [2.05, 4.69) is 5.32 Å². The van der Waals surface area contributed by atoms with Gasteiger partial charge < -0.3 is 15.2 Å². The molecule has 0 spiro atoms. The summed E-state index contributed by atoms with van der Waals surface area (Å²) in [6.07, 6.45) is 2.73. The molecule has 0 amide bonds. The first-order chi connectivity index (χ1) is 7.47. The highest BCUT2D eigenvalue weighted by Crippen LogP contribution is 2.29. The number of carbonyl (C=O) groups is 1. The Labute approximate surface area is 97.4 Å². The molecule has 16 heavy (non-hydrogen) atoms. The first kappa shape index (κ1) is 13.5. The molecule has 0 aromatic heterocycles. The fourth-order valence-electron chi connectivity index (χ4n) is 2.26. The number of hydrogen-bond donors (Lipinski definition) is 2. The van der Waals surface area contributed by atoms with Gasteiger partial charge in [-0.2, -0.15) is 0 Å². The molecule has 4 heteroatoms. The average Bonchev–Trinajstić information content (AvgIpc) is 2.27. The zero-order chi connectivity index (χ0) is 12.2. The highest BCUT2D eigenvalue weighted by Gasteiger charge is 2.33. The summed E-state index contributed by atoms with van der Waals surface area (Å²) in [5.74, 6) is -0.183. The lowest BCUT2D eigenvalue weighted by Crippen LogP contribution is -2.42. The van der Waals surface area contributed by atoms with Crippen LogP contribution in [0.5, 0.6) is 0 Å². The second-order valence-electron chi connectivity index (χ2n) is 5.24. The highest BCUT2D eigenvalue weighted by molar-refractivity contribution is 5.73. The van der Waals surface area contributed by atoms with Gasteiger partial charge in [0, 0.05) is 19.3 Å². The Kier molecular flexibility index (Phi) is 4.74. The topological polar surface area (TPSA) is 58.6 Å². The third kappa shape index (κ3) is 3.46. The van der Waals surface area contributed by atoms with Gasteiger partial charge in [-0.25, -0.2) is 0 Å². The average molecular weight is 229 g/mol. The van der Waals surface area contributed by atoms with Crippen molar-refractivity contribution >= 4 is 5.97 Å². The van der Waals surface area contributed by atoms with Crippen LogP contribution in [0.4, 0.5) is 0 Å². The molecular weight excluding hydrogens is 206 g/mol. The Morgan fingerprint density at radius 1 is 1.50 bits per heavy atom. The maximum absolute atomic E-state index is 11.1. The third-order valence-electron chi connectivity index (χ3n) is 3.51. The minimum absolute atomic E-state index is 0.273. The lowest BCUT2D eigenvalue weighted by atomic mass is 9.79. The molecule has 1 atom stereocenters. The lowest BCUT2D eigenvalue weighted by Gasteiger charge is -2.34. The standard InChI is InChI=1S/C12H23NO3/c1-12(2,11(14)15)8-10(13-3)9-4-6-16-7-5-9/h9-10,13H,4-8H2,1-3H3,(H,14,15). The first-order valence-electron chi connectivity index (χ1n) is 5.96. The summed E-state index contributed by atoms with van der Waals surface area (Å²) in [7, 11) is 1.91. The second kappa shape index (κ2) is 5.64. The SMILES string of the molecule is CNC(CC(C)(C)C(=O)O)C1CCOCC1. The monoisotopic (exact) mass is 229 g/mol. The molecule has 4 nitrogen and oxygen atoms in total. The molecule has 2 N–H and O–H groups in total. The number of carboxylic acid groups (broad SMARTS) is 1. The number of nitrogens with one attached hydrogen (secondary N) is 1. The van der Waals surface area contributed by atoms with Crippen LogP contribution in [-0.2, 0) is 9.53 Å². The molecule has 0 aliphatic carbocycles. The smallest absolute Gasteiger partial charge is 0.309 e. The maximum Gasteiger partial charge on any atom is 0.309 e. The summed E-state index contributed by atoms with van der Waals surface area (Å²) in [6.45, 7) is 5.19. The van der Waals surface area contributed by atoms with Gasteiger partial charge in [0.1, 0.15) is 0 Å². The van der Waals surface area contributed by atoms with Crippen LogP contribution in [0.25, 0.3) is 0 Å². The minimum Gasteiger partial charge on any atom is -0.481 e. The Hall–Kier alpha value is -0.610. The predicted octanol–water partition coefficient (Wildman–Crippen LogP) is 1.50. The van der Waals surface area contributed by atoms with E-state index in [9.17, 15) is 4.79 Å². The van der Waals surface area contributed by atoms with E-state index in [-0.39, 0.29) is 6.04 Å². The van der Waals surface area contributed by atoms with Crippen molar-refractivity contribution in [3.8, 4) is 0 Å². The van der Waals surface area contributed by atoms with E-state index in [1.54, 1.807) is 13.8 Å². The lowest BCUT2D eigenvalue weighted by molar-refractivity contribution is -0.147. The van der Waals surface area contributed by atoms with Crippen LogP contribution in [0.2, 0.25) is 0 Å². The Bertz CT molecular complexity index is 234. The predicted molar refractivity (Wildman–Crippen MR) is 62.4 cm³/mol. The summed E-state index contributed by atoms with van der Waals surface area (Å²) in [5, 5.41) is 12.4. The molecule has 0 aromatic carbocycles. The van der Waals surface area contributed by atoms with Crippen molar-refractivity contribution in [2.75, 3.05) is 20.3 Å². The third-order valence-corrected chi connectivity index (χ3v) is 3.51. The molecule has 1 fully saturated rings. The van der Waals surface area contributed by atoms with E-state index in [0.717, 1.165) is 26.1 Å². The molecule has 1 rings (SSSR count).